The molecule has 0 atom stereocenters. The minimum absolute atomic E-state index is 0.343. The summed E-state index contributed by atoms with van der Waals surface area (Å²) >= 11 is 5.94. The molecule has 2 rings (SSSR count). The summed E-state index contributed by atoms with van der Waals surface area (Å²) in [7, 11) is 0. The van der Waals surface area contributed by atoms with Crippen molar-refractivity contribution in [3.8, 4) is 0 Å². The Kier molecular flexibility index (Phi) is 6.54. The molecule has 1 aromatic rings. The van der Waals surface area contributed by atoms with Crippen molar-refractivity contribution in [2.75, 3.05) is 31.5 Å². The first-order valence-electron chi connectivity index (χ1n) is 7.77. The minimum Gasteiger partial charge on any atom is -0.370 e. The quantitative estimate of drug-likeness (QED) is 0.590. The molecule has 1 aliphatic heterocycles. The molecule has 0 amide bonds. The van der Waals surface area contributed by atoms with Gasteiger partial charge in [-0.1, -0.05) is 13.3 Å². The molecule has 1 aliphatic rings. The molecule has 0 radical (unpaired) electrons. The van der Waals surface area contributed by atoms with Crippen LogP contribution in [0.2, 0.25) is 5.28 Å². The Balaban J connectivity index is 1.67. The van der Waals surface area contributed by atoms with Crippen LogP contribution in [0, 0.1) is 0 Å². The Hall–Kier alpha value is -0.870. The first kappa shape index (κ1) is 15.5. The normalized spacial score (nSPS) is 15.7. The molecule has 112 valence electrons. The van der Waals surface area contributed by atoms with E-state index in [4.69, 9.17) is 11.6 Å². The molecule has 1 fully saturated rings. The van der Waals surface area contributed by atoms with Gasteiger partial charge in [0.1, 0.15) is 5.82 Å². The Labute approximate surface area is 126 Å². The average molecular weight is 297 g/mol. The van der Waals surface area contributed by atoms with Gasteiger partial charge in [0, 0.05) is 18.3 Å². The number of likely N-dealkylation sites (tertiary alicyclic amines) is 1. The first-order chi connectivity index (χ1) is 9.78. The van der Waals surface area contributed by atoms with Gasteiger partial charge < -0.3 is 10.2 Å². The molecule has 0 saturated carbocycles. The van der Waals surface area contributed by atoms with E-state index in [0.717, 1.165) is 30.9 Å². The Morgan fingerprint density at radius 1 is 1.25 bits per heavy atom. The zero-order chi connectivity index (χ0) is 14.2. The predicted octanol–water partition coefficient (Wildman–Crippen LogP) is 3.37. The van der Waals surface area contributed by atoms with Crippen LogP contribution >= 0.6 is 11.6 Å². The van der Waals surface area contributed by atoms with Crippen molar-refractivity contribution < 1.29 is 0 Å². The zero-order valence-corrected chi connectivity index (χ0v) is 13.1. The third-order valence-corrected chi connectivity index (χ3v) is 3.83. The van der Waals surface area contributed by atoms with E-state index in [1.165, 1.54) is 45.3 Å². The summed E-state index contributed by atoms with van der Waals surface area (Å²) in [6, 6.07) is 2.01. The first-order valence-corrected chi connectivity index (χ1v) is 8.15. The molecular weight excluding hydrogens is 272 g/mol. The van der Waals surface area contributed by atoms with E-state index >= 15 is 0 Å². The van der Waals surface area contributed by atoms with Crippen molar-refractivity contribution in [3.05, 3.63) is 17.0 Å². The highest BCUT2D eigenvalue weighted by atomic mass is 35.5. The summed E-state index contributed by atoms with van der Waals surface area (Å²) in [5.41, 5.74) is 1.02. The molecule has 0 aliphatic carbocycles. The van der Waals surface area contributed by atoms with Gasteiger partial charge in [0.2, 0.25) is 5.28 Å². The number of nitrogens with zero attached hydrogens (tertiary/aromatic N) is 3. The molecule has 4 nitrogen and oxygen atoms in total. The van der Waals surface area contributed by atoms with Crippen LogP contribution < -0.4 is 5.32 Å². The van der Waals surface area contributed by atoms with Crippen LogP contribution in [0.1, 0.15) is 44.7 Å². The van der Waals surface area contributed by atoms with E-state index in [9.17, 15) is 0 Å². The highest BCUT2D eigenvalue weighted by Gasteiger charge is 2.10. The van der Waals surface area contributed by atoms with Crippen LogP contribution in [0.3, 0.4) is 0 Å². The largest absolute Gasteiger partial charge is 0.370 e. The number of aryl methyl sites for hydroxylation is 1. The highest BCUT2D eigenvalue weighted by Crippen LogP contribution is 2.12. The second-order valence-corrected chi connectivity index (χ2v) is 5.78. The number of anilines is 1. The minimum atomic E-state index is 0.343. The molecule has 2 heterocycles. The molecule has 1 aromatic heterocycles. The van der Waals surface area contributed by atoms with Gasteiger partial charge in [0.15, 0.2) is 0 Å². The van der Waals surface area contributed by atoms with Crippen LogP contribution in [0.5, 0.6) is 0 Å². The number of aromatic nitrogens is 2. The molecule has 1 saturated heterocycles. The molecule has 20 heavy (non-hydrogen) atoms. The summed E-state index contributed by atoms with van der Waals surface area (Å²) in [4.78, 5) is 11.0. The smallest absolute Gasteiger partial charge is 0.224 e. The second kappa shape index (κ2) is 8.42. The van der Waals surface area contributed by atoms with Crippen molar-refractivity contribution in [2.24, 2.45) is 0 Å². The van der Waals surface area contributed by atoms with Gasteiger partial charge in [-0.05, 0) is 63.3 Å². The number of halogens is 1. The second-order valence-electron chi connectivity index (χ2n) is 5.45. The van der Waals surface area contributed by atoms with Crippen LogP contribution in [-0.4, -0.2) is 41.0 Å². The number of unbranched alkanes of at least 4 members (excludes halogenated alkanes) is 1. The van der Waals surface area contributed by atoms with E-state index in [2.05, 4.69) is 27.1 Å². The lowest BCUT2D eigenvalue weighted by molar-refractivity contribution is 0.331. The molecule has 0 unspecified atom stereocenters. The summed E-state index contributed by atoms with van der Waals surface area (Å²) in [6.45, 7) is 6.90. The van der Waals surface area contributed by atoms with Crippen molar-refractivity contribution >= 4 is 17.4 Å². The third-order valence-electron chi connectivity index (χ3n) is 3.66. The van der Waals surface area contributed by atoms with E-state index in [1.807, 2.05) is 6.07 Å². The maximum Gasteiger partial charge on any atom is 0.224 e. The van der Waals surface area contributed by atoms with E-state index in [1.54, 1.807) is 0 Å². The number of rotatable bonds is 8. The van der Waals surface area contributed by atoms with Crippen LogP contribution in [0.25, 0.3) is 0 Å². The average Bonchev–Trinajstić information content (AvgIpc) is 2.91. The van der Waals surface area contributed by atoms with Crippen LogP contribution in [0.4, 0.5) is 5.82 Å². The topological polar surface area (TPSA) is 41.0 Å². The van der Waals surface area contributed by atoms with E-state index in [0.29, 0.717) is 5.28 Å². The standard InChI is InChI=1S/C15H25ClN4/c1-2-7-13-12-14(19-15(16)18-13)17-8-3-4-9-20-10-5-6-11-20/h12H,2-11H2,1H3,(H,17,18,19). The van der Waals surface area contributed by atoms with Crippen molar-refractivity contribution in [1.29, 1.82) is 0 Å². The molecule has 0 spiro atoms. The fraction of sp³-hybridized carbons (Fsp3) is 0.733. The SMILES string of the molecule is CCCc1cc(NCCCCN2CCCC2)nc(Cl)n1. The Morgan fingerprint density at radius 2 is 2.05 bits per heavy atom. The van der Waals surface area contributed by atoms with Gasteiger partial charge in [0.05, 0.1) is 0 Å². The monoisotopic (exact) mass is 296 g/mol. The van der Waals surface area contributed by atoms with Crippen molar-refractivity contribution in [3.63, 3.8) is 0 Å². The predicted molar refractivity (Wildman–Crippen MR) is 84.4 cm³/mol. The lowest BCUT2D eigenvalue weighted by Crippen LogP contribution is -2.20. The fourth-order valence-corrected chi connectivity index (χ4v) is 2.82. The van der Waals surface area contributed by atoms with E-state index in [-0.39, 0.29) is 0 Å². The maximum absolute atomic E-state index is 5.94. The molecule has 1 N–H and O–H groups in total. The fourth-order valence-electron chi connectivity index (χ4n) is 2.62. The van der Waals surface area contributed by atoms with Crippen molar-refractivity contribution in [2.45, 2.75) is 45.4 Å². The molecule has 5 heteroatoms. The summed E-state index contributed by atoms with van der Waals surface area (Å²) in [5, 5.41) is 3.70. The molecular formula is C15H25ClN4. The third kappa shape index (κ3) is 5.25. The van der Waals surface area contributed by atoms with Gasteiger partial charge in [-0.3, -0.25) is 0 Å². The number of hydrogen-bond donors (Lipinski definition) is 1. The molecule has 0 bridgehead atoms. The lowest BCUT2D eigenvalue weighted by Gasteiger charge is -2.14. The molecule has 0 aromatic carbocycles. The summed E-state index contributed by atoms with van der Waals surface area (Å²) < 4.78 is 0. The van der Waals surface area contributed by atoms with Gasteiger partial charge in [-0.25, -0.2) is 9.97 Å². The van der Waals surface area contributed by atoms with Gasteiger partial charge in [0.25, 0.3) is 0 Å². The van der Waals surface area contributed by atoms with E-state index < -0.39 is 0 Å². The van der Waals surface area contributed by atoms with Crippen molar-refractivity contribution in [1.82, 2.24) is 14.9 Å². The lowest BCUT2D eigenvalue weighted by atomic mass is 10.2. The highest BCUT2D eigenvalue weighted by molar-refractivity contribution is 6.28. The Morgan fingerprint density at radius 3 is 2.80 bits per heavy atom. The zero-order valence-electron chi connectivity index (χ0n) is 12.4. The Bertz CT molecular complexity index is 405. The van der Waals surface area contributed by atoms with Crippen LogP contribution in [0.15, 0.2) is 6.07 Å². The number of hydrogen-bond acceptors (Lipinski definition) is 4. The number of nitrogens with one attached hydrogen (secondary N) is 1. The maximum atomic E-state index is 5.94. The van der Waals surface area contributed by atoms with Gasteiger partial charge in [-0.15, -0.1) is 0 Å². The summed E-state index contributed by atoms with van der Waals surface area (Å²) in [6.07, 6.45) is 7.18. The van der Waals surface area contributed by atoms with Gasteiger partial charge >= 0.3 is 0 Å². The van der Waals surface area contributed by atoms with Gasteiger partial charge in [-0.2, -0.15) is 0 Å². The summed E-state index contributed by atoms with van der Waals surface area (Å²) in [5.74, 6) is 0.856. The van der Waals surface area contributed by atoms with Crippen LogP contribution in [-0.2, 0) is 6.42 Å².